The van der Waals surface area contributed by atoms with E-state index < -0.39 is 23.8 Å². The number of hydrogen-bond donors (Lipinski definition) is 1. The van der Waals surface area contributed by atoms with Gasteiger partial charge in [-0.1, -0.05) is 26.0 Å². The minimum absolute atomic E-state index is 0.284. The lowest BCUT2D eigenvalue weighted by Crippen LogP contribution is -2.36. The average molecular weight is 436 g/mol. The molecule has 1 atom stereocenters. The molecule has 0 radical (unpaired) electrons. The third kappa shape index (κ3) is 5.91. The summed E-state index contributed by atoms with van der Waals surface area (Å²) in [6.45, 7) is 7.54. The topological polar surface area (TPSA) is 50.8 Å². The lowest BCUT2D eigenvalue weighted by molar-refractivity contribution is -0.137. The molecule has 1 fully saturated rings. The van der Waals surface area contributed by atoms with E-state index in [-0.39, 0.29) is 11.6 Å². The number of nitrogens with one attached hydrogen (secondary N) is 1. The van der Waals surface area contributed by atoms with Gasteiger partial charge in [0.05, 0.1) is 24.5 Å². The van der Waals surface area contributed by atoms with E-state index in [4.69, 9.17) is 9.47 Å². The largest absolute Gasteiger partial charge is 0.481 e. The van der Waals surface area contributed by atoms with Crippen LogP contribution in [0, 0.1) is 0 Å². The van der Waals surface area contributed by atoms with Gasteiger partial charge >= 0.3 is 6.18 Å². The van der Waals surface area contributed by atoms with Crippen molar-refractivity contribution in [2.24, 2.45) is 0 Å². The Labute approximate surface area is 180 Å². The number of morpholine rings is 1. The second-order valence-electron chi connectivity index (χ2n) is 7.80. The van der Waals surface area contributed by atoms with E-state index in [2.05, 4.69) is 5.32 Å². The molecule has 1 unspecified atom stereocenters. The zero-order valence-electron chi connectivity index (χ0n) is 17.8. The molecule has 3 rings (SSSR count). The zero-order valence-corrected chi connectivity index (χ0v) is 17.8. The molecule has 8 heteroatoms. The summed E-state index contributed by atoms with van der Waals surface area (Å²) in [4.78, 5) is 14.4. The smallest absolute Gasteiger partial charge is 0.418 e. The van der Waals surface area contributed by atoms with Crippen LogP contribution in [0.3, 0.4) is 0 Å². The van der Waals surface area contributed by atoms with Gasteiger partial charge in [0.25, 0.3) is 5.91 Å². The predicted octanol–water partition coefficient (Wildman–Crippen LogP) is 5.07. The van der Waals surface area contributed by atoms with Crippen molar-refractivity contribution in [2.75, 3.05) is 36.5 Å². The summed E-state index contributed by atoms with van der Waals surface area (Å²) in [6.07, 6.45) is -5.58. The lowest BCUT2D eigenvalue weighted by atomic mass is 10.0. The quantitative estimate of drug-likeness (QED) is 0.687. The van der Waals surface area contributed by atoms with Crippen LogP contribution in [0.2, 0.25) is 0 Å². The number of hydrogen-bond acceptors (Lipinski definition) is 4. The molecular formula is C23H27F3N2O3. The molecule has 168 valence electrons. The van der Waals surface area contributed by atoms with Crippen LogP contribution in [-0.4, -0.2) is 38.3 Å². The van der Waals surface area contributed by atoms with Crippen molar-refractivity contribution in [1.29, 1.82) is 0 Å². The van der Waals surface area contributed by atoms with Crippen LogP contribution in [0.4, 0.5) is 24.5 Å². The molecule has 0 aromatic heterocycles. The summed E-state index contributed by atoms with van der Waals surface area (Å²) in [5.74, 6) is 0.124. The van der Waals surface area contributed by atoms with E-state index in [1.54, 1.807) is 12.1 Å². The molecule has 0 spiro atoms. The molecule has 1 saturated heterocycles. The SMILES string of the molecule is CC(Oc1cccc(C(C)C)c1)C(=O)Nc1ccc(N2CCOCC2)cc1C(F)(F)F. The minimum atomic E-state index is -4.61. The number of alkyl halides is 3. The monoisotopic (exact) mass is 436 g/mol. The first kappa shape index (κ1) is 22.9. The number of benzene rings is 2. The van der Waals surface area contributed by atoms with Gasteiger partial charge in [-0.15, -0.1) is 0 Å². The van der Waals surface area contributed by atoms with Gasteiger partial charge in [-0.3, -0.25) is 4.79 Å². The Hall–Kier alpha value is -2.74. The molecule has 2 aromatic carbocycles. The predicted molar refractivity (Wildman–Crippen MR) is 114 cm³/mol. The molecule has 1 amide bonds. The highest BCUT2D eigenvalue weighted by atomic mass is 19.4. The first-order chi connectivity index (χ1) is 14.6. The van der Waals surface area contributed by atoms with Crippen molar-refractivity contribution in [3.8, 4) is 5.75 Å². The van der Waals surface area contributed by atoms with E-state index in [9.17, 15) is 18.0 Å². The van der Waals surface area contributed by atoms with Gasteiger partial charge in [0.15, 0.2) is 6.10 Å². The maximum absolute atomic E-state index is 13.7. The number of nitrogens with zero attached hydrogens (tertiary/aromatic N) is 1. The summed E-state index contributed by atoms with van der Waals surface area (Å²) in [7, 11) is 0. The Morgan fingerprint density at radius 3 is 2.45 bits per heavy atom. The van der Waals surface area contributed by atoms with E-state index in [0.29, 0.717) is 37.7 Å². The Morgan fingerprint density at radius 1 is 1.10 bits per heavy atom. The standard InChI is InChI=1S/C23H27F3N2O3/c1-15(2)17-5-4-6-19(13-17)31-16(3)22(29)27-21-8-7-18(14-20(21)23(24,25)26)28-9-11-30-12-10-28/h4-8,13-16H,9-12H2,1-3H3,(H,27,29). The number of amides is 1. The molecule has 31 heavy (non-hydrogen) atoms. The Kier molecular flexibility index (Phi) is 7.10. The summed E-state index contributed by atoms with van der Waals surface area (Å²) >= 11 is 0. The summed E-state index contributed by atoms with van der Waals surface area (Å²) in [5, 5.41) is 2.38. The van der Waals surface area contributed by atoms with Gasteiger partial charge in [-0.25, -0.2) is 0 Å². The molecule has 5 nitrogen and oxygen atoms in total. The maximum Gasteiger partial charge on any atom is 0.418 e. The van der Waals surface area contributed by atoms with Crippen molar-refractivity contribution < 1.29 is 27.4 Å². The third-order valence-electron chi connectivity index (χ3n) is 5.15. The Bertz CT molecular complexity index is 909. The number of carbonyl (C=O) groups is 1. The van der Waals surface area contributed by atoms with Crippen LogP contribution < -0.4 is 15.0 Å². The van der Waals surface area contributed by atoms with Gasteiger partial charge in [-0.05, 0) is 48.7 Å². The van der Waals surface area contributed by atoms with Gasteiger partial charge in [0, 0.05) is 18.8 Å². The number of halogens is 3. The molecule has 1 N–H and O–H groups in total. The van der Waals surface area contributed by atoms with Gasteiger partial charge in [0.2, 0.25) is 0 Å². The maximum atomic E-state index is 13.7. The number of carbonyl (C=O) groups excluding carboxylic acids is 1. The summed E-state index contributed by atoms with van der Waals surface area (Å²) < 4.78 is 52.0. The molecule has 0 aliphatic carbocycles. The molecule has 1 aliphatic rings. The average Bonchev–Trinajstić information content (AvgIpc) is 2.74. The van der Waals surface area contributed by atoms with E-state index in [0.717, 1.165) is 11.6 Å². The van der Waals surface area contributed by atoms with Crippen molar-refractivity contribution >= 4 is 17.3 Å². The van der Waals surface area contributed by atoms with Gasteiger partial charge in [-0.2, -0.15) is 13.2 Å². The fourth-order valence-corrected chi connectivity index (χ4v) is 3.33. The fourth-order valence-electron chi connectivity index (χ4n) is 3.33. The van der Waals surface area contributed by atoms with Crippen molar-refractivity contribution in [1.82, 2.24) is 0 Å². The normalized spacial score (nSPS) is 15.6. The van der Waals surface area contributed by atoms with Gasteiger partial charge < -0.3 is 19.7 Å². The molecule has 2 aromatic rings. The van der Waals surface area contributed by atoms with E-state index in [1.807, 2.05) is 36.9 Å². The number of ether oxygens (including phenoxy) is 2. The molecule has 0 saturated carbocycles. The van der Waals surface area contributed by atoms with Gasteiger partial charge in [0.1, 0.15) is 5.75 Å². The Balaban J connectivity index is 1.75. The molecule has 1 aliphatic heterocycles. The van der Waals surface area contributed by atoms with E-state index >= 15 is 0 Å². The van der Waals surface area contributed by atoms with Crippen molar-refractivity contribution in [3.05, 3.63) is 53.6 Å². The summed E-state index contributed by atoms with van der Waals surface area (Å²) in [6, 6.07) is 11.2. The van der Waals surface area contributed by atoms with Crippen LogP contribution in [0.1, 0.15) is 37.8 Å². The second-order valence-corrected chi connectivity index (χ2v) is 7.80. The highest BCUT2D eigenvalue weighted by molar-refractivity contribution is 5.95. The molecule has 0 bridgehead atoms. The van der Waals surface area contributed by atoms with E-state index in [1.165, 1.54) is 13.0 Å². The lowest BCUT2D eigenvalue weighted by Gasteiger charge is -2.29. The third-order valence-corrected chi connectivity index (χ3v) is 5.15. The number of rotatable bonds is 6. The second kappa shape index (κ2) is 9.60. The summed E-state index contributed by atoms with van der Waals surface area (Å²) in [5.41, 5.74) is 0.311. The first-order valence-corrected chi connectivity index (χ1v) is 10.3. The van der Waals surface area contributed by atoms with Crippen molar-refractivity contribution in [3.63, 3.8) is 0 Å². The van der Waals surface area contributed by atoms with Crippen LogP contribution >= 0.6 is 0 Å². The Morgan fingerprint density at radius 2 is 1.81 bits per heavy atom. The molecule has 1 heterocycles. The minimum Gasteiger partial charge on any atom is -0.481 e. The zero-order chi connectivity index (χ0) is 22.6. The molecular weight excluding hydrogens is 409 g/mol. The van der Waals surface area contributed by atoms with Crippen LogP contribution in [0.25, 0.3) is 0 Å². The fraction of sp³-hybridized carbons (Fsp3) is 0.435. The number of anilines is 2. The highest BCUT2D eigenvalue weighted by Crippen LogP contribution is 2.37. The van der Waals surface area contributed by atoms with Crippen LogP contribution in [0.5, 0.6) is 5.75 Å². The van der Waals surface area contributed by atoms with Crippen LogP contribution in [0.15, 0.2) is 42.5 Å². The first-order valence-electron chi connectivity index (χ1n) is 10.3. The highest BCUT2D eigenvalue weighted by Gasteiger charge is 2.35. The van der Waals surface area contributed by atoms with Crippen LogP contribution in [-0.2, 0) is 15.7 Å². The van der Waals surface area contributed by atoms with Crippen molar-refractivity contribution in [2.45, 2.75) is 39.0 Å².